The zero-order valence-electron chi connectivity index (χ0n) is 15.4. The molecule has 1 aliphatic rings. The maximum Gasteiger partial charge on any atom is 0.266 e. The Morgan fingerprint density at radius 3 is 2.59 bits per heavy atom. The van der Waals surface area contributed by atoms with Crippen LogP contribution >= 0.6 is 0 Å². The molecule has 1 aromatic carbocycles. The molecule has 0 bridgehead atoms. The van der Waals surface area contributed by atoms with Gasteiger partial charge < -0.3 is 4.74 Å². The molecule has 7 nitrogen and oxygen atoms in total. The maximum absolute atomic E-state index is 12.1. The molecule has 1 heterocycles. The molecule has 0 spiro atoms. The molecule has 1 aliphatic carbocycles. The van der Waals surface area contributed by atoms with E-state index < -0.39 is 10.0 Å². The number of aromatic nitrogens is 2. The Kier molecular flexibility index (Phi) is 6.28. The molecule has 3 rings (SSSR count). The summed E-state index contributed by atoms with van der Waals surface area (Å²) < 4.78 is 33.5. The van der Waals surface area contributed by atoms with Gasteiger partial charge in [0, 0.05) is 18.5 Å². The molecule has 2 aromatic rings. The van der Waals surface area contributed by atoms with E-state index in [1.54, 1.807) is 6.07 Å². The summed E-state index contributed by atoms with van der Waals surface area (Å²) in [5.74, 6) is 0.944. The summed E-state index contributed by atoms with van der Waals surface area (Å²) in [6.07, 6.45) is 3.14. The average Bonchev–Trinajstić information content (AvgIpc) is 3.49. The molecular weight excluding hydrogens is 366 g/mol. The Labute approximate surface area is 159 Å². The van der Waals surface area contributed by atoms with Crippen molar-refractivity contribution < 1.29 is 13.2 Å². The van der Waals surface area contributed by atoms with E-state index >= 15 is 0 Å². The van der Waals surface area contributed by atoms with Gasteiger partial charge in [-0.15, -0.1) is 0 Å². The van der Waals surface area contributed by atoms with Crippen LogP contribution in [0.25, 0.3) is 0 Å². The normalized spacial score (nSPS) is 14.3. The standard InChI is InChI=1S/C19H25N3O4S/c1-2-15-3-7-17(8-4-15)26-13-14-27(24,25)20-11-12-22-19(23)10-9-18(21-22)16-5-6-16/h3-4,7-10,16,20H,2,5-6,11-14H2,1H3. The number of ether oxygens (including phenoxy) is 1. The van der Waals surface area contributed by atoms with Gasteiger partial charge in [-0.05, 0) is 43.0 Å². The minimum Gasteiger partial charge on any atom is -0.492 e. The van der Waals surface area contributed by atoms with Gasteiger partial charge in [-0.1, -0.05) is 19.1 Å². The zero-order chi connectivity index (χ0) is 19.3. The highest BCUT2D eigenvalue weighted by Gasteiger charge is 2.25. The van der Waals surface area contributed by atoms with Gasteiger partial charge in [-0.25, -0.2) is 17.8 Å². The van der Waals surface area contributed by atoms with Gasteiger partial charge in [0.25, 0.3) is 5.56 Å². The van der Waals surface area contributed by atoms with Crippen molar-refractivity contribution in [1.29, 1.82) is 0 Å². The summed E-state index contributed by atoms with van der Waals surface area (Å²) in [7, 11) is -3.48. The van der Waals surface area contributed by atoms with Crippen LogP contribution in [0.3, 0.4) is 0 Å². The first-order valence-electron chi connectivity index (χ1n) is 9.24. The van der Waals surface area contributed by atoms with Gasteiger partial charge in [0.1, 0.15) is 12.4 Å². The third-order valence-electron chi connectivity index (χ3n) is 4.48. The summed E-state index contributed by atoms with van der Waals surface area (Å²) in [6, 6.07) is 10.8. The number of nitrogens with zero attached hydrogens (tertiary/aromatic N) is 2. The third kappa shape index (κ3) is 5.90. The van der Waals surface area contributed by atoms with Gasteiger partial charge >= 0.3 is 0 Å². The van der Waals surface area contributed by atoms with Crippen LogP contribution in [0.5, 0.6) is 5.75 Å². The number of nitrogens with one attached hydrogen (secondary N) is 1. The van der Waals surface area contributed by atoms with Gasteiger partial charge in [-0.2, -0.15) is 5.10 Å². The summed E-state index contributed by atoms with van der Waals surface area (Å²) in [5.41, 5.74) is 1.88. The fraction of sp³-hybridized carbons (Fsp3) is 0.474. The predicted octanol–water partition coefficient (Wildman–Crippen LogP) is 1.68. The molecule has 0 unspecified atom stereocenters. The minimum absolute atomic E-state index is 0.0656. The molecule has 0 amide bonds. The summed E-state index contributed by atoms with van der Waals surface area (Å²) in [5, 5.41) is 4.31. The number of rotatable bonds is 10. The predicted molar refractivity (Wildman–Crippen MR) is 104 cm³/mol. The quantitative estimate of drug-likeness (QED) is 0.665. The van der Waals surface area contributed by atoms with Crippen LogP contribution in [0, 0.1) is 0 Å². The molecule has 0 saturated heterocycles. The van der Waals surface area contributed by atoms with Crippen molar-refractivity contribution in [2.45, 2.75) is 38.6 Å². The van der Waals surface area contributed by atoms with Crippen LogP contribution in [0.2, 0.25) is 0 Å². The first-order chi connectivity index (χ1) is 13.0. The first kappa shape index (κ1) is 19.6. The Hall–Kier alpha value is -2.19. The van der Waals surface area contributed by atoms with E-state index in [-0.39, 0.29) is 31.0 Å². The largest absolute Gasteiger partial charge is 0.492 e. The SMILES string of the molecule is CCc1ccc(OCCS(=O)(=O)NCCn2nc(C3CC3)ccc2=O)cc1. The molecule has 0 radical (unpaired) electrons. The lowest BCUT2D eigenvalue weighted by Gasteiger charge is -2.10. The van der Waals surface area contributed by atoms with Gasteiger partial charge in [0.05, 0.1) is 18.0 Å². The highest BCUT2D eigenvalue weighted by atomic mass is 32.2. The van der Waals surface area contributed by atoms with Crippen LogP contribution in [0.4, 0.5) is 0 Å². The van der Waals surface area contributed by atoms with E-state index in [4.69, 9.17) is 4.74 Å². The highest BCUT2D eigenvalue weighted by Crippen LogP contribution is 2.38. The smallest absolute Gasteiger partial charge is 0.266 e. The number of benzene rings is 1. The number of hydrogen-bond donors (Lipinski definition) is 1. The third-order valence-corrected chi connectivity index (χ3v) is 5.83. The first-order valence-corrected chi connectivity index (χ1v) is 10.9. The molecule has 1 fully saturated rings. The van der Waals surface area contributed by atoms with Crippen LogP contribution in [-0.4, -0.2) is 37.1 Å². The monoisotopic (exact) mass is 391 g/mol. The minimum atomic E-state index is -3.48. The fourth-order valence-corrected chi connectivity index (χ4v) is 3.54. The molecule has 1 N–H and O–H groups in total. The van der Waals surface area contributed by atoms with Crippen LogP contribution in [0.1, 0.15) is 36.9 Å². The van der Waals surface area contributed by atoms with Crippen molar-refractivity contribution in [3.8, 4) is 5.75 Å². The molecular formula is C19H25N3O4S. The highest BCUT2D eigenvalue weighted by molar-refractivity contribution is 7.89. The van der Waals surface area contributed by atoms with Crippen molar-refractivity contribution >= 4 is 10.0 Å². The van der Waals surface area contributed by atoms with E-state index in [0.717, 1.165) is 25.0 Å². The van der Waals surface area contributed by atoms with Crippen molar-refractivity contribution in [2.24, 2.45) is 0 Å². The Balaban J connectivity index is 1.44. The Morgan fingerprint density at radius 2 is 1.93 bits per heavy atom. The van der Waals surface area contributed by atoms with Gasteiger partial charge in [-0.3, -0.25) is 4.79 Å². The molecule has 0 atom stereocenters. The van der Waals surface area contributed by atoms with E-state index in [1.807, 2.05) is 24.3 Å². The van der Waals surface area contributed by atoms with Crippen molar-refractivity contribution in [3.05, 3.63) is 58.0 Å². The second kappa shape index (κ2) is 8.67. The number of aryl methyl sites for hydroxylation is 1. The Bertz CT molecular complexity index is 919. The average molecular weight is 391 g/mol. The molecule has 146 valence electrons. The summed E-state index contributed by atoms with van der Waals surface area (Å²) >= 11 is 0. The van der Waals surface area contributed by atoms with Crippen molar-refractivity contribution in [2.75, 3.05) is 18.9 Å². The van der Waals surface area contributed by atoms with E-state index in [9.17, 15) is 13.2 Å². The molecule has 0 aliphatic heterocycles. The van der Waals surface area contributed by atoms with Crippen LogP contribution in [-0.2, 0) is 23.0 Å². The van der Waals surface area contributed by atoms with Gasteiger partial charge in [0.15, 0.2) is 0 Å². The topological polar surface area (TPSA) is 90.3 Å². The second-order valence-electron chi connectivity index (χ2n) is 6.65. The van der Waals surface area contributed by atoms with E-state index in [2.05, 4.69) is 16.7 Å². The van der Waals surface area contributed by atoms with E-state index in [0.29, 0.717) is 11.7 Å². The van der Waals surface area contributed by atoms with Crippen LogP contribution < -0.4 is 15.0 Å². The summed E-state index contributed by atoms with van der Waals surface area (Å²) in [4.78, 5) is 11.8. The van der Waals surface area contributed by atoms with Crippen molar-refractivity contribution in [1.82, 2.24) is 14.5 Å². The molecule has 1 aromatic heterocycles. The summed E-state index contributed by atoms with van der Waals surface area (Å²) in [6.45, 7) is 2.46. The van der Waals surface area contributed by atoms with Gasteiger partial charge in [0.2, 0.25) is 10.0 Å². The Morgan fingerprint density at radius 1 is 1.19 bits per heavy atom. The second-order valence-corrected chi connectivity index (χ2v) is 8.58. The van der Waals surface area contributed by atoms with Crippen molar-refractivity contribution in [3.63, 3.8) is 0 Å². The zero-order valence-corrected chi connectivity index (χ0v) is 16.2. The lowest BCUT2D eigenvalue weighted by molar-refractivity contribution is 0.340. The number of sulfonamides is 1. The lowest BCUT2D eigenvalue weighted by Crippen LogP contribution is -2.34. The molecule has 27 heavy (non-hydrogen) atoms. The lowest BCUT2D eigenvalue weighted by atomic mass is 10.2. The molecule has 1 saturated carbocycles. The van der Waals surface area contributed by atoms with Crippen LogP contribution in [0.15, 0.2) is 41.2 Å². The number of hydrogen-bond acceptors (Lipinski definition) is 5. The molecule has 8 heteroatoms. The fourth-order valence-electron chi connectivity index (χ4n) is 2.69. The maximum atomic E-state index is 12.1. The van der Waals surface area contributed by atoms with E-state index in [1.165, 1.54) is 16.3 Å².